The maximum atomic E-state index is 12.3. The van der Waals surface area contributed by atoms with Gasteiger partial charge in [0.1, 0.15) is 5.76 Å². The second-order valence-corrected chi connectivity index (χ2v) is 6.24. The van der Waals surface area contributed by atoms with Crippen molar-refractivity contribution in [2.45, 2.75) is 39.7 Å². The molecule has 1 saturated heterocycles. The number of hydrogen-bond donors (Lipinski definition) is 1. The van der Waals surface area contributed by atoms with Crippen LogP contribution in [0.4, 0.5) is 0 Å². The number of aryl methyl sites for hydroxylation is 3. The molecule has 7 heteroatoms. The maximum Gasteiger partial charge on any atom is 0.273 e. The number of carbonyl (C=O) groups is 1. The molecule has 0 unspecified atom stereocenters. The van der Waals surface area contributed by atoms with E-state index >= 15 is 0 Å². The summed E-state index contributed by atoms with van der Waals surface area (Å²) in [5.74, 6) is 0.657. The summed E-state index contributed by atoms with van der Waals surface area (Å²) in [6.07, 6.45) is 2.85. The van der Waals surface area contributed by atoms with E-state index in [1.165, 1.54) is 6.39 Å². The highest BCUT2D eigenvalue weighted by Gasteiger charge is 2.34. The summed E-state index contributed by atoms with van der Waals surface area (Å²) >= 11 is 0. The molecule has 7 nitrogen and oxygen atoms in total. The minimum absolute atomic E-state index is 0.0260. The third-order valence-corrected chi connectivity index (χ3v) is 4.77. The lowest BCUT2D eigenvalue weighted by molar-refractivity contribution is 0.0837. The first-order valence-electron chi connectivity index (χ1n) is 8.35. The Kier molecular flexibility index (Phi) is 4.71. The van der Waals surface area contributed by atoms with Crippen molar-refractivity contribution in [3.8, 4) is 0 Å². The average Bonchev–Trinajstić information content (AvgIpc) is 3.25. The molecule has 2 aromatic rings. The van der Waals surface area contributed by atoms with E-state index in [0.717, 1.165) is 23.4 Å². The zero-order valence-corrected chi connectivity index (χ0v) is 14.6. The van der Waals surface area contributed by atoms with E-state index in [1.54, 1.807) is 0 Å². The topological polar surface area (TPSA) is 82.2 Å². The van der Waals surface area contributed by atoms with Gasteiger partial charge in [-0.3, -0.25) is 9.48 Å². The van der Waals surface area contributed by atoms with Crippen molar-refractivity contribution >= 4 is 5.91 Å². The van der Waals surface area contributed by atoms with Crippen molar-refractivity contribution in [2.24, 2.45) is 13.0 Å². The van der Waals surface area contributed by atoms with Crippen LogP contribution in [-0.2, 0) is 18.2 Å². The van der Waals surface area contributed by atoms with Crippen LogP contribution in [-0.4, -0.2) is 33.8 Å². The van der Waals surface area contributed by atoms with Crippen LogP contribution in [0.1, 0.15) is 52.6 Å². The first-order valence-corrected chi connectivity index (χ1v) is 8.35. The summed E-state index contributed by atoms with van der Waals surface area (Å²) in [6, 6.07) is 0. The average molecular weight is 332 g/mol. The number of oxazole rings is 1. The van der Waals surface area contributed by atoms with Crippen molar-refractivity contribution in [1.29, 1.82) is 0 Å². The smallest absolute Gasteiger partial charge is 0.273 e. The highest BCUT2D eigenvalue weighted by molar-refractivity contribution is 5.93. The van der Waals surface area contributed by atoms with Crippen molar-refractivity contribution in [3.63, 3.8) is 0 Å². The summed E-state index contributed by atoms with van der Waals surface area (Å²) in [6.45, 7) is 7.24. The fourth-order valence-corrected chi connectivity index (χ4v) is 3.38. The fraction of sp³-hybridized carbons (Fsp3) is 0.588. The SMILES string of the molecule is CCc1ocnc1C(=O)NC[C@H]1CCO[C@@H]1c1c(C)nn(C)c1C. The van der Waals surface area contributed by atoms with Crippen LogP contribution in [0.25, 0.3) is 0 Å². The van der Waals surface area contributed by atoms with Crippen molar-refractivity contribution < 1.29 is 13.9 Å². The fourth-order valence-electron chi connectivity index (χ4n) is 3.38. The third kappa shape index (κ3) is 2.96. The van der Waals surface area contributed by atoms with Crippen molar-refractivity contribution in [1.82, 2.24) is 20.1 Å². The molecule has 130 valence electrons. The second-order valence-electron chi connectivity index (χ2n) is 6.24. The highest BCUT2D eigenvalue weighted by atomic mass is 16.5. The maximum absolute atomic E-state index is 12.3. The number of aromatic nitrogens is 3. The van der Waals surface area contributed by atoms with E-state index in [9.17, 15) is 4.79 Å². The number of carbonyl (C=O) groups excluding carboxylic acids is 1. The van der Waals surface area contributed by atoms with Gasteiger partial charge in [-0.25, -0.2) is 4.98 Å². The molecule has 1 N–H and O–H groups in total. The van der Waals surface area contributed by atoms with E-state index in [1.807, 2.05) is 25.6 Å². The zero-order chi connectivity index (χ0) is 17.3. The first-order chi connectivity index (χ1) is 11.5. The van der Waals surface area contributed by atoms with Gasteiger partial charge < -0.3 is 14.5 Å². The van der Waals surface area contributed by atoms with Crippen molar-refractivity contribution in [3.05, 3.63) is 34.8 Å². The van der Waals surface area contributed by atoms with Crippen LogP contribution < -0.4 is 5.32 Å². The van der Waals surface area contributed by atoms with Gasteiger partial charge in [0.25, 0.3) is 5.91 Å². The molecule has 3 heterocycles. The van der Waals surface area contributed by atoms with Crippen LogP contribution in [0, 0.1) is 19.8 Å². The molecule has 1 aliphatic heterocycles. The lowest BCUT2D eigenvalue weighted by Crippen LogP contribution is -2.31. The monoisotopic (exact) mass is 332 g/mol. The van der Waals surface area contributed by atoms with Crippen LogP contribution in [0.2, 0.25) is 0 Å². The lowest BCUT2D eigenvalue weighted by Gasteiger charge is -2.19. The Morgan fingerprint density at radius 2 is 2.25 bits per heavy atom. The van der Waals surface area contributed by atoms with Gasteiger partial charge >= 0.3 is 0 Å². The first kappa shape index (κ1) is 16.7. The molecule has 2 atom stereocenters. The molecule has 0 radical (unpaired) electrons. The minimum atomic E-state index is -0.189. The van der Waals surface area contributed by atoms with E-state index in [2.05, 4.69) is 22.3 Å². The van der Waals surface area contributed by atoms with Gasteiger partial charge in [-0.15, -0.1) is 0 Å². The normalized spacial score (nSPS) is 20.5. The number of rotatable bonds is 5. The second kappa shape index (κ2) is 6.76. The van der Waals surface area contributed by atoms with Gasteiger partial charge in [-0.05, 0) is 20.3 Å². The van der Waals surface area contributed by atoms with Gasteiger partial charge in [-0.2, -0.15) is 5.10 Å². The molecule has 24 heavy (non-hydrogen) atoms. The predicted molar refractivity (Wildman–Crippen MR) is 87.7 cm³/mol. The quantitative estimate of drug-likeness (QED) is 0.906. The number of nitrogens with zero attached hydrogens (tertiary/aromatic N) is 3. The number of ether oxygens (including phenoxy) is 1. The largest absolute Gasteiger partial charge is 0.448 e. The lowest BCUT2D eigenvalue weighted by atomic mass is 9.94. The van der Waals surface area contributed by atoms with Gasteiger partial charge in [0.15, 0.2) is 12.1 Å². The molecule has 0 aromatic carbocycles. The molecular weight excluding hydrogens is 308 g/mol. The Bertz CT molecular complexity index is 734. The number of amides is 1. The van der Waals surface area contributed by atoms with Gasteiger partial charge in [-0.1, -0.05) is 6.92 Å². The van der Waals surface area contributed by atoms with Gasteiger partial charge in [0, 0.05) is 43.8 Å². The summed E-state index contributed by atoms with van der Waals surface area (Å²) in [5, 5.41) is 7.45. The zero-order valence-electron chi connectivity index (χ0n) is 14.6. The van der Waals surface area contributed by atoms with E-state index in [4.69, 9.17) is 9.15 Å². The van der Waals surface area contributed by atoms with E-state index in [-0.39, 0.29) is 17.9 Å². The third-order valence-electron chi connectivity index (χ3n) is 4.77. The standard InChI is InChI=1S/C17H24N4O3/c1-5-13-15(19-9-24-13)17(22)18-8-12-6-7-23-16(12)14-10(2)20-21(4)11(14)3/h9,12,16H,5-8H2,1-4H3,(H,18,22)/t12-,16+/m1/s1. The van der Waals surface area contributed by atoms with E-state index in [0.29, 0.717) is 31.0 Å². The van der Waals surface area contributed by atoms with Crippen LogP contribution in [0.15, 0.2) is 10.8 Å². The molecule has 0 saturated carbocycles. The number of nitrogens with one attached hydrogen (secondary N) is 1. The molecule has 1 fully saturated rings. The van der Waals surface area contributed by atoms with Gasteiger partial charge in [0.2, 0.25) is 0 Å². The molecule has 0 spiro atoms. The molecule has 0 bridgehead atoms. The van der Waals surface area contributed by atoms with Crippen LogP contribution in [0.5, 0.6) is 0 Å². The van der Waals surface area contributed by atoms with Crippen LogP contribution in [0.3, 0.4) is 0 Å². The number of hydrogen-bond acceptors (Lipinski definition) is 5. The molecule has 0 aliphatic carbocycles. The van der Waals surface area contributed by atoms with Crippen molar-refractivity contribution in [2.75, 3.05) is 13.2 Å². The van der Waals surface area contributed by atoms with E-state index < -0.39 is 0 Å². The summed E-state index contributed by atoms with van der Waals surface area (Å²) in [4.78, 5) is 16.4. The molecule has 1 amide bonds. The van der Waals surface area contributed by atoms with Crippen LogP contribution >= 0.6 is 0 Å². The van der Waals surface area contributed by atoms with Gasteiger partial charge in [0.05, 0.1) is 11.8 Å². The minimum Gasteiger partial charge on any atom is -0.448 e. The summed E-state index contributed by atoms with van der Waals surface area (Å²) < 4.78 is 13.1. The Labute approximate surface area is 141 Å². The predicted octanol–water partition coefficient (Wildman–Crippen LogP) is 2.09. The molecule has 3 rings (SSSR count). The Balaban J connectivity index is 1.69. The highest BCUT2D eigenvalue weighted by Crippen LogP contribution is 2.37. The summed E-state index contributed by atoms with van der Waals surface area (Å²) in [5.41, 5.74) is 3.62. The Morgan fingerprint density at radius 1 is 1.46 bits per heavy atom. The summed E-state index contributed by atoms with van der Waals surface area (Å²) in [7, 11) is 1.94. The Hall–Kier alpha value is -2.15. The molecular formula is C17H24N4O3. The Morgan fingerprint density at radius 3 is 2.92 bits per heavy atom. The molecule has 2 aromatic heterocycles. The molecule has 1 aliphatic rings.